The highest BCUT2D eigenvalue weighted by Crippen LogP contribution is 2.36. The molecule has 0 amide bonds. The van der Waals surface area contributed by atoms with Gasteiger partial charge in [0, 0.05) is 28.3 Å². The molecule has 3 heteroatoms. The number of hydrogen-bond acceptors (Lipinski definition) is 2. The lowest BCUT2D eigenvalue weighted by molar-refractivity contribution is 0.672. The van der Waals surface area contributed by atoms with Gasteiger partial charge in [-0.3, -0.25) is 4.98 Å². The van der Waals surface area contributed by atoms with E-state index in [0.29, 0.717) is 0 Å². The Kier molecular flexibility index (Phi) is 3.02. The number of nitrogens with zero attached hydrogens (tertiary/aromatic N) is 1. The van der Waals surface area contributed by atoms with Gasteiger partial charge < -0.3 is 5.32 Å². The summed E-state index contributed by atoms with van der Waals surface area (Å²) in [6, 6.07) is 4.34. The Morgan fingerprint density at radius 1 is 1.22 bits per heavy atom. The van der Waals surface area contributed by atoms with Crippen LogP contribution >= 0.6 is 15.9 Å². The highest BCUT2D eigenvalue weighted by molar-refractivity contribution is 9.10. The fraction of sp³-hybridized carbons (Fsp3) is 0.400. The van der Waals surface area contributed by atoms with Gasteiger partial charge in [0.05, 0.1) is 5.52 Å². The van der Waals surface area contributed by atoms with Crippen LogP contribution in [-0.4, -0.2) is 12.0 Å². The van der Waals surface area contributed by atoms with Gasteiger partial charge in [-0.25, -0.2) is 0 Å². The lowest BCUT2D eigenvalue weighted by Crippen LogP contribution is -2.09. The van der Waals surface area contributed by atoms with E-state index < -0.39 is 0 Å². The number of nitrogens with one attached hydrogen (secondary N) is 1. The molecule has 0 spiro atoms. The fourth-order valence-corrected chi connectivity index (χ4v) is 3.28. The third-order valence-corrected chi connectivity index (χ3v) is 4.82. The zero-order valence-corrected chi connectivity index (χ0v) is 12.4. The van der Waals surface area contributed by atoms with E-state index in [1.165, 1.54) is 40.7 Å². The normalized spacial score (nSPS) is 14.6. The largest absolute Gasteiger partial charge is 0.387 e. The van der Waals surface area contributed by atoms with Crippen molar-refractivity contribution in [2.45, 2.75) is 32.6 Å². The van der Waals surface area contributed by atoms with Crippen molar-refractivity contribution < 1.29 is 0 Å². The van der Waals surface area contributed by atoms with Crippen molar-refractivity contribution in [3.8, 4) is 0 Å². The van der Waals surface area contributed by atoms with E-state index in [1.54, 1.807) is 0 Å². The number of anilines is 1. The molecule has 18 heavy (non-hydrogen) atoms. The molecule has 0 saturated carbocycles. The lowest BCUT2D eigenvalue weighted by atomic mass is 9.92. The van der Waals surface area contributed by atoms with E-state index in [9.17, 15) is 0 Å². The molecule has 0 bridgehead atoms. The maximum atomic E-state index is 4.90. The Labute approximate surface area is 116 Å². The molecule has 1 aromatic heterocycles. The average molecular weight is 305 g/mol. The number of fused-ring (bicyclic) bond motifs is 2. The van der Waals surface area contributed by atoms with Crippen LogP contribution in [0.15, 0.2) is 16.6 Å². The lowest BCUT2D eigenvalue weighted by Gasteiger charge is -2.21. The Morgan fingerprint density at radius 2 is 2.00 bits per heavy atom. The van der Waals surface area contributed by atoms with E-state index in [-0.39, 0.29) is 0 Å². The highest BCUT2D eigenvalue weighted by atomic mass is 79.9. The first-order chi connectivity index (χ1) is 8.72. The Morgan fingerprint density at radius 3 is 2.78 bits per heavy atom. The van der Waals surface area contributed by atoms with Crippen molar-refractivity contribution in [2.75, 3.05) is 12.4 Å². The monoisotopic (exact) mass is 304 g/mol. The molecule has 0 atom stereocenters. The second-order valence-corrected chi connectivity index (χ2v) is 5.75. The van der Waals surface area contributed by atoms with E-state index in [0.717, 1.165) is 22.8 Å². The summed E-state index contributed by atoms with van der Waals surface area (Å²) in [4.78, 5) is 4.90. The van der Waals surface area contributed by atoms with Gasteiger partial charge in [0.2, 0.25) is 0 Å². The van der Waals surface area contributed by atoms with Gasteiger partial charge in [-0.05, 0) is 59.7 Å². The molecule has 1 aromatic carbocycles. The minimum atomic E-state index is 1.10. The van der Waals surface area contributed by atoms with Crippen LogP contribution in [0.25, 0.3) is 10.9 Å². The Balaban J connectivity index is 2.40. The summed E-state index contributed by atoms with van der Waals surface area (Å²) in [7, 11) is 2.01. The zero-order valence-electron chi connectivity index (χ0n) is 10.8. The summed E-state index contributed by atoms with van der Waals surface area (Å²) >= 11 is 3.68. The SMILES string of the molecule is CNc1c2c(nc3c(Br)c(C)ccc13)CCCC2. The third-order valence-electron chi connectivity index (χ3n) is 3.82. The number of aromatic nitrogens is 1. The molecule has 1 aliphatic carbocycles. The predicted octanol–water partition coefficient (Wildman–Crippen LogP) is 4.23. The summed E-state index contributed by atoms with van der Waals surface area (Å²) in [6.45, 7) is 2.11. The molecule has 3 rings (SSSR count). The van der Waals surface area contributed by atoms with E-state index >= 15 is 0 Å². The van der Waals surface area contributed by atoms with Crippen LogP contribution in [0.2, 0.25) is 0 Å². The number of pyridine rings is 1. The van der Waals surface area contributed by atoms with Gasteiger partial charge in [-0.15, -0.1) is 0 Å². The molecule has 94 valence electrons. The fourth-order valence-electron chi connectivity index (χ4n) is 2.84. The maximum Gasteiger partial charge on any atom is 0.0870 e. The van der Waals surface area contributed by atoms with Crippen LogP contribution in [0.4, 0.5) is 5.69 Å². The van der Waals surface area contributed by atoms with Gasteiger partial charge >= 0.3 is 0 Å². The van der Waals surface area contributed by atoms with Crippen molar-refractivity contribution in [3.05, 3.63) is 33.4 Å². The quantitative estimate of drug-likeness (QED) is 0.853. The molecule has 1 N–H and O–H groups in total. The van der Waals surface area contributed by atoms with E-state index in [4.69, 9.17) is 4.98 Å². The average Bonchev–Trinajstić information content (AvgIpc) is 2.41. The zero-order chi connectivity index (χ0) is 12.7. The van der Waals surface area contributed by atoms with Crippen LogP contribution in [0, 0.1) is 6.92 Å². The summed E-state index contributed by atoms with van der Waals surface area (Å²) in [5, 5.41) is 4.62. The van der Waals surface area contributed by atoms with Gasteiger partial charge in [0.1, 0.15) is 0 Å². The van der Waals surface area contributed by atoms with Crippen molar-refractivity contribution >= 4 is 32.5 Å². The number of halogens is 1. The van der Waals surface area contributed by atoms with Crippen molar-refractivity contribution in [1.82, 2.24) is 4.98 Å². The van der Waals surface area contributed by atoms with Crippen LogP contribution in [-0.2, 0) is 12.8 Å². The van der Waals surface area contributed by atoms with E-state index in [2.05, 4.69) is 40.3 Å². The van der Waals surface area contributed by atoms with Crippen LogP contribution in [0.3, 0.4) is 0 Å². The molecule has 0 unspecified atom stereocenters. The first kappa shape index (κ1) is 12.0. The molecular formula is C15H17BrN2. The molecule has 2 aromatic rings. The molecule has 0 saturated heterocycles. The summed E-state index contributed by atoms with van der Waals surface area (Å²) in [5.41, 5.74) is 6.32. The van der Waals surface area contributed by atoms with Gasteiger partial charge in [-0.2, -0.15) is 0 Å². The first-order valence-corrected chi connectivity index (χ1v) is 7.30. The predicted molar refractivity (Wildman–Crippen MR) is 80.4 cm³/mol. The standard InChI is InChI=1S/C15H17BrN2/c1-9-7-8-11-14(17-2)10-5-3-4-6-12(10)18-15(11)13(9)16/h7-8H,3-6H2,1-2H3,(H,17,18). The second kappa shape index (κ2) is 4.54. The highest BCUT2D eigenvalue weighted by Gasteiger charge is 2.18. The van der Waals surface area contributed by atoms with Crippen LogP contribution in [0.5, 0.6) is 0 Å². The van der Waals surface area contributed by atoms with Crippen LogP contribution < -0.4 is 5.32 Å². The van der Waals surface area contributed by atoms with Crippen molar-refractivity contribution in [2.24, 2.45) is 0 Å². The van der Waals surface area contributed by atoms with Gasteiger partial charge in [0.25, 0.3) is 0 Å². The van der Waals surface area contributed by atoms with Crippen molar-refractivity contribution in [3.63, 3.8) is 0 Å². The third kappa shape index (κ3) is 1.72. The maximum absolute atomic E-state index is 4.90. The minimum Gasteiger partial charge on any atom is -0.387 e. The molecular weight excluding hydrogens is 288 g/mol. The molecule has 0 aliphatic heterocycles. The molecule has 0 radical (unpaired) electrons. The van der Waals surface area contributed by atoms with E-state index in [1.807, 2.05) is 7.05 Å². The topological polar surface area (TPSA) is 24.9 Å². The minimum absolute atomic E-state index is 1.10. The van der Waals surface area contributed by atoms with Gasteiger partial charge in [-0.1, -0.05) is 12.1 Å². The number of hydrogen-bond donors (Lipinski definition) is 1. The van der Waals surface area contributed by atoms with Crippen LogP contribution in [0.1, 0.15) is 29.7 Å². The number of aryl methyl sites for hydroxylation is 2. The molecule has 2 nitrogen and oxygen atoms in total. The Hall–Kier alpha value is -1.09. The smallest absolute Gasteiger partial charge is 0.0870 e. The second-order valence-electron chi connectivity index (χ2n) is 4.96. The molecule has 1 heterocycles. The van der Waals surface area contributed by atoms with Crippen molar-refractivity contribution in [1.29, 1.82) is 0 Å². The summed E-state index contributed by atoms with van der Waals surface area (Å²) < 4.78 is 1.13. The van der Waals surface area contributed by atoms with Gasteiger partial charge in [0.15, 0.2) is 0 Å². The number of benzene rings is 1. The molecule has 0 fully saturated rings. The first-order valence-electron chi connectivity index (χ1n) is 6.50. The summed E-state index contributed by atoms with van der Waals surface area (Å²) in [5.74, 6) is 0. The molecule has 1 aliphatic rings. The number of rotatable bonds is 1. The Bertz CT molecular complexity index is 620. The summed E-state index contributed by atoms with van der Waals surface area (Å²) in [6.07, 6.45) is 4.81.